The Morgan fingerprint density at radius 3 is 2.51 bits per heavy atom. The molecule has 2 aliphatic rings. The second-order valence-corrected chi connectivity index (χ2v) is 11.4. The van der Waals surface area contributed by atoms with Gasteiger partial charge in [0.15, 0.2) is 5.76 Å². The quantitative estimate of drug-likeness (QED) is 0.313. The average Bonchev–Trinajstić information content (AvgIpc) is 3.57. The van der Waals surface area contributed by atoms with Gasteiger partial charge in [0.1, 0.15) is 0 Å². The number of aliphatic hydroxyl groups is 1. The van der Waals surface area contributed by atoms with E-state index in [0.29, 0.717) is 45.4 Å². The van der Waals surface area contributed by atoms with Crippen molar-refractivity contribution < 1.29 is 24.2 Å². The number of rotatable bonds is 8. The molecule has 0 spiro atoms. The van der Waals surface area contributed by atoms with Crippen molar-refractivity contribution >= 4 is 33.8 Å². The molecule has 4 heterocycles. The highest BCUT2D eigenvalue weighted by molar-refractivity contribution is 5.95. The summed E-state index contributed by atoms with van der Waals surface area (Å²) in [6.07, 6.45) is 5.51. The highest BCUT2D eigenvalue weighted by Gasteiger charge is 2.40. The summed E-state index contributed by atoms with van der Waals surface area (Å²) in [5.41, 5.74) is 3.27. The average molecular weight is 587 g/mol. The van der Waals surface area contributed by atoms with Crippen LogP contribution in [-0.2, 0) is 14.3 Å². The number of ether oxygens (including phenoxy) is 2. The van der Waals surface area contributed by atoms with Gasteiger partial charge in [0, 0.05) is 62.7 Å². The SMILES string of the molecule is CCO[C@H]1OC(C(=O)N2CCC(n3c(=O)[nH]c4ccccc43)CC2)=C[C@@H](c2cn(C(C)=O)c3ccccc23)[C@@H]1CCCO. The predicted molar refractivity (Wildman–Crippen MR) is 163 cm³/mol. The summed E-state index contributed by atoms with van der Waals surface area (Å²) in [5.74, 6) is -0.528. The fourth-order valence-electron chi connectivity index (χ4n) is 6.77. The molecule has 6 rings (SSSR count). The molecule has 3 atom stereocenters. The number of fused-ring (bicyclic) bond motifs is 2. The van der Waals surface area contributed by atoms with E-state index in [4.69, 9.17) is 9.47 Å². The van der Waals surface area contributed by atoms with E-state index in [2.05, 4.69) is 4.98 Å². The van der Waals surface area contributed by atoms with Crippen molar-refractivity contribution in [2.24, 2.45) is 5.92 Å². The number of benzene rings is 2. The van der Waals surface area contributed by atoms with Crippen LogP contribution in [0.3, 0.4) is 0 Å². The molecule has 10 nitrogen and oxygen atoms in total. The molecule has 2 aromatic heterocycles. The zero-order valence-corrected chi connectivity index (χ0v) is 24.6. The number of aromatic nitrogens is 3. The standard InChI is InChI=1S/C33H38N4O6/c1-3-42-32-24(10-8-18-38)25(26-20-36(21(2)39)28-12-6-4-9-23(26)28)19-30(43-32)31(40)35-16-14-22(15-17-35)37-29-13-7-5-11-27(29)34-33(37)41/h4-7,9,11-13,19-20,22,24-25,32,38H,3,8,10,14-18H2,1-2H3,(H,34,41)/t24-,25+,32-/m0/s1. The van der Waals surface area contributed by atoms with E-state index >= 15 is 0 Å². The lowest BCUT2D eigenvalue weighted by Crippen LogP contribution is -2.44. The van der Waals surface area contributed by atoms with Crippen LogP contribution < -0.4 is 5.69 Å². The molecule has 0 aliphatic carbocycles. The lowest BCUT2D eigenvalue weighted by molar-refractivity contribution is -0.170. The maximum atomic E-state index is 14.0. The van der Waals surface area contributed by atoms with Crippen molar-refractivity contribution in [1.29, 1.82) is 0 Å². The normalized spacial score (nSPS) is 21.2. The topological polar surface area (TPSA) is 119 Å². The minimum Gasteiger partial charge on any atom is -0.459 e. The number of carbonyl (C=O) groups is 2. The van der Waals surface area contributed by atoms with Crippen molar-refractivity contribution in [3.8, 4) is 0 Å². The van der Waals surface area contributed by atoms with Crippen LogP contribution in [0.2, 0.25) is 0 Å². The van der Waals surface area contributed by atoms with Gasteiger partial charge in [-0.2, -0.15) is 0 Å². The Morgan fingerprint density at radius 1 is 1.07 bits per heavy atom. The number of para-hydroxylation sites is 3. The van der Waals surface area contributed by atoms with Crippen LogP contribution in [0.5, 0.6) is 0 Å². The molecule has 226 valence electrons. The number of hydrogen-bond acceptors (Lipinski definition) is 6. The summed E-state index contributed by atoms with van der Waals surface area (Å²) in [4.78, 5) is 44.0. The third-order valence-electron chi connectivity index (χ3n) is 8.80. The van der Waals surface area contributed by atoms with Gasteiger partial charge in [0.05, 0.1) is 16.6 Å². The monoisotopic (exact) mass is 586 g/mol. The van der Waals surface area contributed by atoms with E-state index in [-0.39, 0.29) is 47.7 Å². The van der Waals surface area contributed by atoms with Crippen LogP contribution in [0.1, 0.15) is 61.8 Å². The molecule has 2 aliphatic heterocycles. The maximum Gasteiger partial charge on any atom is 0.326 e. The first kappa shape index (κ1) is 28.9. The first-order valence-corrected chi connectivity index (χ1v) is 15.1. The predicted octanol–water partition coefficient (Wildman–Crippen LogP) is 4.56. The summed E-state index contributed by atoms with van der Waals surface area (Å²) in [5, 5.41) is 10.6. The summed E-state index contributed by atoms with van der Waals surface area (Å²) in [6.45, 7) is 4.82. The van der Waals surface area contributed by atoms with Crippen LogP contribution >= 0.6 is 0 Å². The van der Waals surface area contributed by atoms with E-state index in [9.17, 15) is 19.5 Å². The fraction of sp³-hybridized carbons (Fsp3) is 0.424. The van der Waals surface area contributed by atoms with Gasteiger partial charge in [0.2, 0.25) is 12.2 Å². The molecule has 1 saturated heterocycles. The maximum absolute atomic E-state index is 14.0. The lowest BCUT2D eigenvalue weighted by atomic mass is 9.80. The van der Waals surface area contributed by atoms with Gasteiger partial charge in [-0.1, -0.05) is 30.3 Å². The van der Waals surface area contributed by atoms with E-state index < -0.39 is 6.29 Å². The molecule has 1 fully saturated rings. The number of imidazole rings is 1. The van der Waals surface area contributed by atoms with Gasteiger partial charge >= 0.3 is 5.69 Å². The highest BCUT2D eigenvalue weighted by Crippen LogP contribution is 2.43. The van der Waals surface area contributed by atoms with E-state index in [1.54, 1.807) is 9.47 Å². The van der Waals surface area contributed by atoms with Gasteiger partial charge in [0.25, 0.3) is 5.91 Å². The van der Waals surface area contributed by atoms with Gasteiger partial charge in [-0.25, -0.2) is 4.79 Å². The van der Waals surface area contributed by atoms with Crippen LogP contribution in [0.4, 0.5) is 0 Å². The van der Waals surface area contributed by atoms with Gasteiger partial charge in [-0.15, -0.1) is 0 Å². The Balaban J connectivity index is 1.31. The number of allylic oxidation sites excluding steroid dienone is 1. The number of H-pyrrole nitrogens is 1. The van der Waals surface area contributed by atoms with E-state index in [0.717, 1.165) is 27.5 Å². The van der Waals surface area contributed by atoms with Crippen LogP contribution in [0.15, 0.2) is 71.4 Å². The molecular formula is C33H38N4O6. The number of carbonyl (C=O) groups excluding carboxylic acids is 2. The number of amides is 1. The van der Waals surface area contributed by atoms with Gasteiger partial charge < -0.3 is 24.5 Å². The van der Waals surface area contributed by atoms with Gasteiger partial charge in [-0.3, -0.25) is 18.7 Å². The number of nitrogens with one attached hydrogen (secondary N) is 1. The van der Waals surface area contributed by atoms with Crippen molar-refractivity contribution in [2.75, 3.05) is 26.3 Å². The van der Waals surface area contributed by atoms with Crippen LogP contribution in [0, 0.1) is 5.92 Å². The molecule has 43 heavy (non-hydrogen) atoms. The molecule has 0 unspecified atom stereocenters. The summed E-state index contributed by atoms with van der Waals surface area (Å²) < 4.78 is 15.8. The van der Waals surface area contributed by atoms with Crippen molar-refractivity contribution in [1.82, 2.24) is 19.0 Å². The first-order chi connectivity index (χ1) is 20.9. The van der Waals surface area contributed by atoms with Gasteiger partial charge in [-0.05, 0) is 62.4 Å². The number of nitrogens with zero attached hydrogens (tertiary/aromatic N) is 3. The number of aliphatic hydroxyl groups excluding tert-OH is 1. The highest BCUT2D eigenvalue weighted by atomic mass is 16.7. The van der Waals surface area contributed by atoms with E-state index in [1.165, 1.54) is 6.92 Å². The largest absolute Gasteiger partial charge is 0.459 e. The Morgan fingerprint density at radius 2 is 1.79 bits per heavy atom. The lowest BCUT2D eigenvalue weighted by Gasteiger charge is -2.39. The third-order valence-corrected chi connectivity index (χ3v) is 8.80. The Hall–Kier alpha value is -4.15. The first-order valence-electron chi connectivity index (χ1n) is 15.1. The zero-order chi connectivity index (χ0) is 30.1. The molecule has 2 aromatic carbocycles. The second kappa shape index (κ2) is 12.2. The number of aromatic amines is 1. The molecule has 0 bridgehead atoms. The smallest absolute Gasteiger partial charge is 0.326 e. The van der Waals surface area contributed by atoms with Crippen molar-refractivity contribution in [3.05, 3.63) is 82.6 Å². The summed E-state index contributed by atoms with van der Waals surface area (Å²) in [7, 11) is 0. The molecule has 1 amide bonds. The Bertz CT molecular complexity index is 1720. The molecule has 4 aromatic rings. The third kappa shape index (κ3) is 5.41. The fourth-order valence-corrected chi connectivity index (χ4v) is 6.77. The number of piperidine rings is 1. The molecule has 0 saturated carbocycles. The van der Waals surface area contributed by atoms with Crippen molar-refractivity contribution in [3.63, 3.8) is 0 Å². The number of hydrogen-bond donors (Lipinski definition) is 2. The minimum atomic E-state index is -0.688. The number of likely N-dealkylation sites (tertiary alicyclic amines) is 1. The zero-order valence-electron chi connectivity index (χ0n) is 24.6. The molecule has 2 N–H and O–H groups in total. The molecule has 0 radical (unpaired) electrons. The summed E-state index contributed by atoms with van der Waals surface area (Å²) in [6, 6.07) is 15.4. The van der Waals surface area contributed by atoms with Crippen molar-refractivity contribution in [2.45, 2.75) is 57.8 Å². The second-order valence-electron chi connectivity index (χ2n) is 11.4. The molecule has 10 heteroatoms. The van der Waals surface area contributed by atoms with E-state index in [1.807, 2.05) is 72.3 Å². The minimum absolute atomic E-state index is 0.0153. The Labute approximate surface area is 249 Å². The summed E-state index contributed by atoms with van der Waals surface area (Å²) >= 11 is 0. The Kier molecular flexibility index (Phi) is 8.23. The van der Waals surface area contributed by atoms with Crippen LogP contribution in [0.25, 0.3) is 21.9 Å². The van der Waals surface area contributed by atoms with Crippen LogP contribution in [-0.4, -0.2) is 68.5 Å². The molecular weight excluding hydrogens is 548 g/mol.